The molecular weight excluding hydrogens is 344 g/mol. The van der Waals surface area contributed by atoms with Crippen molar-refractivity contribution < 1.29 is 19.1 Å². The van der Waals surface area contributed by atoms with Crippen molar-refractivity contribution in [3.05, 3.63) is 84.0 Å². The van der Waals surface area contributed by atoms with Crippen molar-refractivity contribution in [1.29, 1.82) is 0 Å². The van der Waals surface area contributed by atoms with Gasteiger partial charge in [-0.1, -0.05) is 12.1 Å². The van der Waals surface area contributed by atoms with E-state index in [1.165, 1.54) is 14.2 Å². The SMILES string of the molecule is COC(=O)C1=C(C(=O)OC)N(c2cccc(-n3cccc3)c2C)C=CC=C1. The zero-order valence-corrected chi connectivity index (χ0v) is 15.4. The monoisotopic (exact) mass is 364 g/mol. The maximum atomic E-state index is 12.6. The van der Waals surface area contributed by atoms with E-state index in [0.717, 1.165) is 16.9 Å². The zero-order valence-electron chi connectivity index (χ0n) is 15.4. The Labute approximate surface area is 157 Å². The van der Waals surface area contributed by atoms with Crippen LogP contribution in [0.2, 0.25) is 0 Å². The van der Waals surface area contributed by atoms with Crippen molar-refractivity contribution in [2.24, 2.45) is 0 Å². The van der Waals surface area contributed by atoms with Crippen LogP contribution in [0, 0.1) is 6.92 Å². The number of rotatable bonds is 4. The number of aromatic nitrogens is 1. The average Bonchev–Trinajstić information content (AvgIpc) is 3.13. The van der Waals surface area contributed by atoms with Gasteiger partial charge in [-0.3, -0.25) is 0 Å². The Morgan fingerprint density at radius 2 is 1.56 bits per heavy atom. The predicted octanol–water partition coefficient (Wildman–Crippen LogP) is 3.28. The molecule has 0 aliphatic carbocycles. The van der Waals surface area contributed by atoms with Crippen LogP contribution in [0.5, 0.6) is 0 Å². The maximum Gasteiger partial charge on any atom is 0.355 e. The van der Waals surface area contributed by atoms with Crippen molar-refractivity contribution in [2.45, 2.75) is 6.92 Å². The Morgan fingerprint density at radius 3 is 2.22 bits per heavy atom. The second-order valence-electron chi connectivity index (χ2n) is 5.83. The molecule has 0 saturated heterocycles. The van der Waals surface area contributed by atoms with Gasteiger partial charge in [-0.2, -0.15) is 0 Å². The van der Waals surface area contributed by atoms with Crippen LogP contribution in [0.1, 0.15) is 5.56 Å². The van der Waals surface area contributed by atoms with Gasteiger partial charge < -0.3 is 18.9 Å². The summed E-state index contributed by atoms with van der Waals surface area (Å²) >= 11 is 0. The Bertz CT molecular complexity index is 953. The Balaban J connectivity index is 2.21. The van der Waals surface area contributed by atoms with E-state index in [4.69, 9.17) is 9.47 Å². The second-order valence-corrected chi connectivity index (χ2v) is 5.83. The third kappa shape index (κ3) is 3.42. The van der Waals surface area contributed by atoms with Gasteiger partial charge in [0.15, 0.2) is 0 Å². The number of hydrogen-bond acceptors (Lipinski definition) is 5. The number of benzene rings is 1. The molecule has 1 aliphatic heterocycles. The van der Waals surface area contributed by atoms with Crippen molar-refractivity contribution in [3.8, 4) is 5.69 Å². The van der Waals surface area contributed by atoms with E-state index in [2.05, 4.69) is 0 Å². The number of hydrogen-bond donors (Lipinski definition) is 0. The van der Waals surface area contributed by atoms with E-state index in [0.29, 0.717) is 0 Å². The number of nitrogens with zero attached hydrogens (tertiary/aromatic N) is 2. The molecule has 0 fully saturated rings. The minimum Gasteiger partial charge on any atom is -0.465 e. The summed E-state index contributed by atoms with van der Waals surface area (Å²) in [5, 5.41) is 0. The van der Waals surface area contributed by atoms with Gasteiger partial charge in [0.05, 0.1) is 25.5 Å². The van der Waals surface area contributed by atoms with Gasteiger partial charge in [-0.15, -0.1) is 0 Å². The molecule has 6 nitrogen and oxygen atoms in total. The lowest BCUT2D eigenvalue weighted by atomic mass is 10.1. The van der Waals surface area contributed by atoms with Crippen LogP contribution in [-0.2, 0) is 19.1 Å². The third-order valence-electron chi connectivity index (χ3n) is 4.31. The Hall–Kier alpha value is -3.54. The number of carbonyl (C=O) groups is 2. The lowest BCUT2D eigenvalue weighted by Crippen LogP contribution is -2.27. The normalized spacial score (nSPS) is 13.5. The highest BCUT2D eigenvalue weighted by Gasteiger charge is 2.28. The van der Waals surface area contributed by atoms with Crippen LogP contribution in [0.4, 0.5) is 5.69 Å². The van der Waals surface area contributed by atoms with Gasteiger partial charge in [0.1, 0.15) is 5.70 Å². The summed E-state index contributed by atoms with van der Waals surface area (Å²) in [5.74, 6) is -1.24. The number of anilines is 1. The lowest BCUT2D eigenvalue weighted by molar-refractivity contribution is -0.139. The molecule has 0 bridgehead atoms. The molecule has 138 valence electrons. The van der Waals surface area contributed by atoms with E-state index in [1.54, 1.807) is 29.3 Å². The molecule has 0 unspecified atom stereocenters. The smallest absolute Gasteiger partial charge is 0.355 e. The fraction of sp³-hybridized carbons (Fsp3) is 0.143. The minimum atomic E-state index is -0.627. The fourth-order valence-electron chi connectivity index (χ4n) is 3.00. The van der Waals surface area contributed by atoms with E-state index < -0.39 is 11.9 Å². The number of ether oxygens (including phenoxy) is 2. The molecule has 2 aromatic rings. The highest BCUT2D eigenvalue weighted by Crippen LogP contribution is 2.31. The maximum absolute atomic E-state index is 12.6. The summed E-state index contributed by atoms with van der Waals surface area (Å²) in [5.41, 5.74) is 2.88. The number of esters is 2. The minimum absolute atomic E-state index is 0.0992. The molecule has 6 heteroatoms. The van der Waals surface area contributed by atoms with Gasteiger partial charge in [0.2, 0.25) is 0 Å². The van der Waals surface area contributed by atoms with Crippen molar-refractivity contribution >= 4 is 17.6 Å². The number of methoxy groups -OCH3 is 2. The Kier molecular flexibility index (Phi) is 5.26. The molecule has 0 saturated carbocycles. The molecule has 1 aliphatic rings. The molecule has 27 heavy (non-hydrogen) atoms. The van der Waals surface area contributed by atoms with Crippen molar-refractivity contribution in [2.75, 3.05) is 19.1 Å². The fourth-order valence-corrected chi connectivity index (χ4v) is 3.00. The first kappa shape index (κ1) is 18.3. The lowest BCUT2D eigenvalue weighted by Gasteiger charge is -2.25. The van der Waals surface area contributed by atoms with Crippen LogP contribution in [0.3, 0.4) is 0 Å². The van der Waals surface area contributed by atoms with E-state index >= 15 is 0 Å². The zero-order chi connectivity index (χ0) is 19.4. The molecule has 0 amide bonds. The summed E-state index contributed by atoms with van der Waals surface area (Å²) in [6, 6.07) is 9.65. The first-order valence-electron chi connectivity index (χ1n) is 8.36. The first-order valence-corrected chi connectivity index (χ1v) is 8.36. The van der Waals surface area contributed by atoms with Gasteiger partial charge in [-0.05, 0) is 48.9 Å². The highest BCUT2D eigenvalue weighted by atomic mass is 16.5. The standard InChI is InChI=1S/C21H20N2O4/c1-15-17(22-12-6-7-13-22)10-8-11-18(15)23-14-5-4-9-16(20(24)26-2)19(23)21(25)27-3/h4-14H,1-3H3. The number of allylic oxidation sites excluding steroid dienone is 2. The number of carbonyl (C=O) groups excluding carboxylic acids is 2. The van der Waals surface area contributed by atoms with E-state index in [9.17, 15) is 9.59 Å². The van der Waals surface area contributed by atoms with E-state index in [1.807, 2.05) is 54.2 Å². The molecule has 1 aromatic carbocycles. The molecular formula is C21H20N2O4. The second kappa shape index (κ2) is 7.78. The van der Waals surface area contributed by atoms with Gasteiger partial charge >= 0.3 is 11.9 Å². The first-order chi connectivity index (χ1) is 13.1. The molecule has 0 spiro atoms. The van der Waals surface area contributed by atoms with Crippen LogP contribution >= 0.6 is 0 Å². The van der Waals surface area contributed by atoms with Crippen molar-refractivity contribution in [1.82, 2.24) is 4.57 Å². The quantitative estimate of drug-likeness (QED) is 0.779. The van der Waals surface area contributed by atoms with Gasteiger partial charge in [-0.25, -0.2) is 9.59 Å². The summed E-state index contributed by atoms with van der Waals surface area (Å²) in [6.07, 6.45) is 10.6. The predicted molar refractivity (Wildman–Crippen MR) is 102 cm³/mol. The molecule has 2 heterocycles. The van der Waals surface area contributed by atoms with Gasteiger partial charge in [0, 0.05) is 24.3 Å². The molecule has 0 atom stereocenters. The molecule has 1 aromatic heterocycles. The van der Waals surface area contributed by atoms with Gasteiger partial charge in [0.25, 0.3) is 0 Å². The summed E-state index contributed by atoms with van der Waals surface area (Å²) in [4.78, 5) is 26.5. The summed E-state index contributed by atoms with van der Waals surface area (Å²) in [7, 11) is 2.56. The van der Waals surface area contributed by atoms with Crippen LogP contribution in [0.15, 0.2) is 78.4 Å². The highest BCUT2D eigenvalue weighted by molar-refractivity contribution is 6.05. The van der Waals surface area contributed by atoms with E-state index in [-0.39, 0.29) is 11.3 Å². The summed E-state index contributed by atoms with van der Waals surface area (Å²) in [6.45, 7) is 1.96. The molecule has 0 radical (unpaired) electrons. The van der Waals surface area contributed by atoms with Crippen LogP contribution < -0.4 is 4.90 Å². The average molecular weight is 364 g/mol. The third-order valence-corrected chi connectivity index (χ3v) is 4.31. The molecule has 3 rings (SSSR count). The van der Waals surface area contributed by atoms with Crippen molar-refractivity contribution in [3.63, 3.8) is 0 Å². The summed E-state index contributed by atoms with van der Waals surface area (Å²) < 4.78 is 11.8. The van der Waals surface area contributed by atoms with Crippen LogP contribution in [-0.4, -0.2) is 30.7 Å². The van der Waals surface area contributed by atoms with Crippen LogP contribution in [0.25, 0.3) is 5.69 Å². The largest absolute Gasteiger partial charge is 0.465 e. The molecule has 0 N–H and O–H groups in total. The topological polar surface area (TPSA) is 60.8 Å². The Morgan fingerprint density at radius 1 is 0.889 bits per heavy atom.